The number of benzene rings is 1. The summed E-state index contributed by atoms with van der Waals surface area (Å²) >= 11 is 0. The van der Waals surface area contributed by atoms with Crippen molar-refractivity contribution < 1.29 is 27.0 Å². The second-order valence-electron chi connectivity index (χ2n) is 5.23. The van der Waals surface area contributed by atoms with Crippen molar-refractivity contribution in [3.63, 3.8) is 0 Å². The Labute approximate surface area is 143 Å². The molecule has 0 spiro atoms. The first-order chi connectivity index (χ1) is 12.2. The fourth-order valence-electron chi connectivity index (χ4n) is 2.40. The van der Waals surface area contributed by atoms with Gasteiger partial charge in [0.25, 0.3) is 11.6 Å². The number of H-pyrrole nitrogens is 1. The summed E-state index contributed by atoms with van der Waals surface area (Å²) in [6, 6.07) is 1.56. The number of aromatic amines is 1. The Morgan fingerprint density at radius 3 is 2.65 bits per heavy atom. The van der Waals surface area contributed by atoms with Crippen molar-refractivity contribution in [3.05, 3.63) is 40.1 Å². The number of rotatable bonds is 4. The molecule has 1 aromatic carbocycles. The Morgan fingerprint density at radius 2 is 2.04 bits per heavy atom. The number of halogens is 4. The van der Waals surface area contributed by atoms with Crippen LogP contribution in [0.2, 0.25) is 0 Å². The molecule has 7 nitrogen and oxygen atoms in total. The third-order valence-corrected chi connectivity index (χ3v) is 3.34. The summed E-state index contributed by atoms with van der Waals surface area (Å²) in [5.41, 5.74) is -0.542. The average Bonchev–Trinajstić information content (AvgIpc) is 2.89. The Balaban J connectivity index is 2.09. The molecule has 0 aliphatic carbocycles. The zero-order chi connectivity index (χ0) is 19.1. The lowest BCUT2D eigenvalue weighted by Crippen LogP contribution is -2.17. The van der Waals surface area contributed by atoms with Crippen molar-refractivity contribution in [3.8, 4) is 17.4 Å². The lowest BCUT2D eigenvalue weighted by molar-refractivity contribution is -0.274. The number of nitrogens with one attached hydrogen (secondary N) is 1. The monoisotopic (exact) mass is 372 g/mol. The number of nitrogens with zero attached hydrogens (tertiary/aromatic N) is 3. The molecule has 3 aromatic rings. The Bertz CT molecular complexity index is 1000. The van der Waals surface area contributed by atoms with Gasteiger partial charge in [-0.3, -0.25) is 9.78 Å². The SMILES string of the molecule is CCOc1nc2nn(-c3c(C)cc(OC(F)(F)F)cc3F)cc2c(=O)[nH]1. The molecule has 0 amide bonds. The predicted molar refractivity (Wildman–Crippen MR) is 82.0 cm³/mol. The molecule has 138 valence electrons. The first-order valence-corrected chi connectivity index (χ1v) is 7.36. The summed E-state index contributed by atoms with van der Waals surface area (Å²) in [6.45, 7) is 3.35. The van der Waals surface area contributed by atoms with Crippen LogP contribution in [0.3, 0.4) is 0 Å². The van der Waals surface area contributed by atoms with Crippen LogP contribution in [0.25, 0.3) is 16.7 Å². The fraction of sp³-hybridized carbons (Fsp3) is 0.267. The molecule has 0 aliphatic heterocycles. The maximum Gasteiger partial charge on any atom is 0.573 e. The molecule has 11 heteroatoms. The summed E-state index contributed by atoms with van der Waals surface area (Å²) in [5, 5.41) is 4.09. The maximum absolute atomic E-state index is 14.4. The fourth-order valence-corrected chi connectivity index (χ4v) is 2.40. The number of hydrogen-bond acceptors (Lipinski definition) is 5. The highest BCUT2D eigenvalue weighted by Gasteiger charge is 2.31. The third kappa shape index (κ3) is 3.46. The summed E-state index contributed by atoms with van der Waals surface area (Å²) in [7, 11) is 0. The minimum absolute atomic E-state index is 0.00613. The molecule has 26 heavy (non-hydrogen) atoms. The highest BCUT2D eigenvalue weighted by atomic mass is 19.4. The minimum atomic E-state index is -4.94. The van der Waals surface area contributed by atoms with E-state index in [4.69, 9.17) is 4.74 Å². The zero-order valence-electron chi connectivity index (χ0n) is 13.5. The summed E-state index contributed by atoms with van der Waals surface area (Å²) in [4.78, 5) is 18.4. The lowest BCUT2D eigenvalue weighted by atomic mass is 10.2. The first kappa shape index (κ1) is 17.7. The number of fused-ring (bicyclic) bond motifs is 1. The number of aromatic nitrogens is 4. The Hall–Kier alpha value is -3.11. The molecule has 0 saturated heterocycles. The van der Waals surface area contributed by atoms with E-state index in [1.165, 1.54) is 13.1 Å². The topological polar surface area (TPSA) is 82.0 Å². The molecule has 2 aromatic heterocycles. The zero-order valence-corrected chi connectivity index (χ0v) is 13.5. The van der Waals surface area contributed by atoms with Crippen molar-refractivity contribution in [1.82, 2.24) is 19.7 Å². The van der Waals surface area contributed by atoms with Crippen LogP contribution < -0.4 is 15.0 Å². The van der Waals surface area contributed by atoms with Gasteiger partial charge >= 0.3 is 6.36 Å². The van der Waals surface area contributed by atoms with Gasteiger partial charge in [0, 0.05) is 12.3 Å². The highest BCUT2D eigenvalue weighted by molar-refractivity contribution is 5.73. The average molecular weight is 372 g/mol. The van der Waals surface area contributed by atoms with Crippen molar-refractivity contribution in [1.29, 1.82) is 0 Å². The molecule has 0 atom stereocenters. The first-order valence-electron chi connectivity index (χ1n) is 7.36. The second kappa shape index (κ2) is 6.32. The molecule has 0 bridgehead atoms. The number of hydrogen-bond donors (Lipinski definition) is 1. The minimum Gasteiger partial charge on any atom is -0.465 e. The summed E-state index contributed by atoms with van der Waals surface area (Å²) in [5.74, 6) is -1.69. The maximum atomic E-state index is 14.4. The number of alkyl halides is 3. The second-order valence-corrected chi connectivity index (χ2v) is 5.23. The highest BCUT2D eigenvalue weighted by Crippen LogP contribution is 2.29. The number of aryl methyl sites for hydroxylation is 1. The summed E-state index contributed by atoms with van der Waals surface area (Å²) in [6.07, 6.45) is -3.71. The normalized spacial score (nSPS) is 11.8. The lowest BCUT2D eigenvalue weighted by Gasteiger charge is -2.12. The van der Waals surface area contributed by atoms with Crippen molar-refractivity contribution in [2.75, 3.05) is 6.61 Å². The van der Waals surface area contributed by atoms with Gasteiger partial charge in [0.05, 0.1) is 6.61 Å². The van der Waals surface area contributed by atoms with E-state index in [0.29, 0.717) is 6.07 Å². The van der Waals surface area contributed by atoms with Gasteiger partial charge < -0.3 is 9.47 Å². The van der Waals surface area contributed by atoms with E-state index in [1.54, 1.807) is 6.92 Å². The molecule has 0 saturated carbocycles. The molecule has 0 fully saturated rings. The largest absolute Gasteiger partial charge is 0.573 e. The molecule has 0 unspecified atom stereocenters. The van der Waals surface area contributed by atoms with Crippen molar-refractivity contribution in [2.45, 2.75) is 20.2 Å². The van der Waals surface area contributed by atoms with E-state index < -0.39 is 23.5 Å². The smallest absolute Gasteiger partial charge is 0.465 e. The predicted octanol–water partition coefficient (Wildman–Crippen LogP) is 2.85. The van der Waals surface area contributed by atoms with Crippen LogP contribution in [0.15, 0.2) is 23.1 Å². The van der Waals surface area contributed by atoms with Gasteiger partial charge in [-0.1, -0.05) is 0 Å². The van der Waals surface area contributed by atoms with Gasteiger partial charge in [-0.2, -0.15) is 4.98 Å². The Morgan fingerprint density at radius 1 is 1.31 bits per heavy atom. The molecular weight excluding hydrogens is 360 g/mol. The third-order valence-electron chi connectivity index (χ3n) is 3.34. The van der Waals surface area contributed by atoms with E-state index in [9.17, 15) is 22.4 Å². The van der Waals surface area contributed by atoms with Crippen LogP contribution in [0.5, 0.6) is 11.8 Å². The van der Waals surface area contributed by atoms with E-state index in [0.717, 1.165) is 10.7 Å². The van der Waals surface area contributed by atoms with Crippen molar-refractivity contribution in [2.24, 2.45) is 0 Å². The summed E-state index contributed by atoms with van der Waals surface area (Å²) < 4.78 is 61.1. The van der Waals surface area contributed by atoms with Gasteiger partial charge in [-0.25, -0.2) is 9.07 Å². The van der Waals surface area contributed by atoms with Crippen molar-refractivity contribution >= 4 is 11.0 Å². The van der Waals surface area contributed by atoms with Gasteiger partial charge in [0.2, 0.25) is 0 Å². The van der Waals surface area contributed by atoms with Crippen LogP contribution in [0.1, 0.15) is 12.5 Å². The molecule has 0 radical (unpaired) electrons. The van der Waals surface area contributed by atoms with Gasteiger partial charge in [0.15, 0.2) is 11.5 Å². The van der Waals surface area contributed by atoms with Crippen LogP contribution >= 0.6 is 0 Å². The molecule has 1 N–H and O–H groups in total. The molecule has 3 rings (SSSR count). The van der Waals surface area contributed by atoms with E-state index in [1.807, 2.05) is 0 Å². The van der Waals surface area contributed by atoms with Gasteiger partial charge in [0.1, 0.15) is 16.8 Å². The van der Waals surface area contributed by atoms with Crippen LogP contribution in [-0.2, 0) is 0 Å². The molecular formula is C15H12F4N4O3. The van der Waals surface area contributed by atoms with Gasteiger partial charge in [-0.15, -0.1) is 18.3 Å². The van der Waals surface area contributed by atoms with Gasteiger partial charge in [-0.05, 0) is 25.5 Å². The molecule has 2 heterocycles. The standard InChI is InChI=1S/C15H12F4N4O3/c1-3-25-14-20-12-9(13(24)21-14)6-23(22-12)11-7(2)4-8(5-10(11)16)26-15(17,18)19/h4-6H,3H2,1-2H3,(H,20,21,22,24). The van der Waals surface area contributed by atoms with E-state index in [2.05, 4.69) is 19.8 Å². The Kier molecular flexibility index (Phi) is 4.30. The molecule has 0 aliphatic rings. The van der Waals surface area contributed by atoms with E-state index >= 15 is 0 Å². The number of ether oxygens (including phenoxy) is 2. The van der Waals surface area contributed by atoms with Crippen LogP contribution in [-0.4, -0.2) is 32.7 Å². The van der Waals surface area contributed by atoms with E-state index in [-0.39, 0.29) is 34.9 Å². The quantitative estimate of drug-likeness (QED) is 0.713. The van der Waals surface area contributed by atoms with Crippen LogP contribution in [0.4, 0.5) is 17.6 Å². The van der Waals surface area contributed by atoms with Crippen LogP contribution in [0, 0.1) is 12.7 Å².